The van der Waals surface area contributed by atoms with Crippen LogP contribution in [0.4, 0.5) is 0 Å². The summed E-state index contributed by atoms with van der Waals surface area (Å²) in [6.07, 6.45) is 4.97. The Hall–Kier alpha value is -2.40. The second-order valence-electron chi connectivity index (χ2n) is 5.99. The zero-order valence-electron chi connectivity index (χ0n) is 12.9. The molecule has 1 aliphatic carbocycles. The number of amides is 1. The highest BCUT2D eigenvalue weighted by Crippen LogP contribution is 2.26. The fourth-order valence-electron chi connectivity index (χ4n) is 2.97. The molecule has 3 rings (SSSR count). The van der Waals surface area contributed by atoms with Gasteiger partial charge in [-0.15, -0.1) is 0 Å². The molecule has 1 aliphatic rings. The van der Waals surface area contributed by atoms with Gasteiger partial charge in [0.25, 0.3) is 5.91 Å². The van der Waals surface area contributed by atoms with Crippen molar-refractivity contribution in [2.24, 2.45) is 5.92 Å². The maximum atomic E-state index is 12.4. The molecule has 1 aromatic heterocycles. The van der Waals surface area contributed by atoms with E-state index in [1.165, 1.54) is 6.20 Å². The number of hydrogen-bond acceptors (Lipinski definition) is 3. The Kier molecular flexibility index (Phi) is 4.81. The van der Waals surface area contributed by atoms with Gasteiger partial charge in [0.05, 0.1) is 11.5 Å². The van der Waals surface area contributed by atoms with Crippen molar-refractivity contribution in [3.05, 3.63) is 53.3 Å². The van der Waals surface area contributed by atoms with E-state index in [-0.39, 0.29) is 17.9 Å². The zero-order chi connectivity index (χ0) is 17.1. The molecule has 1 fully saturated rings. The Bertz CT molecular complexity index is 761. The van der Waals surface area contributed by atoms with Gasteiger partial charge in [-0.25, -0.2) is 0 Å². The van der Waals surface area contributed by atoms with E-state index in [0.29, 0.717) is 29.8 Å². The lowest BCUT2D eigenvalue weighted by Gasteiger charge is -2.13. The van der Waals surface area contributed by atoms with Crippen LogP contribution in [0.25, 0.3) is 11.1 Å². The minimum absolute atomic E-state index is 0.0993. The van der Waals surface area contributed by atoms with Crippen molar-refractivity contribution in [1.82, 2.24) is 10.3 Å². The molecule has 2 aromatic rings. The quantitative estimate of drug-likeness (QED) is 0.891. The van der Waals surface area contributed by atoms with E-state index in [4.69, 9.17) is 16.7 Å². The summed E-state index contributed by atoms with van der Waals surface area (Å²) in [5, 5.41) is 12.6. The Morgan fingerprint density at radius 3 is 2.54 bits per heavy atom. The summed E-state index contributed by atoms with van der Waals surface area (Å²) in [6.45, 7) is 0. The lowest BCUT2D eigenvalue weighted by Crippen LogP contribution is -2.33. The summed E-state index contributed by atoms with van der Waals surface area (Å²) in [5.41, 5.74) is 2.21. The number of aliphatic carboxylic acids is 1. The van der Waals surface area contributed by atoms with Crippen LogP contribution in [0.2, 0.25) is 5.02 Å². The van der Waals surface area contributed by atoms with Gasteiger partial charge < -0.3 is 10.4 Å². The summed E-state index contributed by atoms with van der Waals surface area (Å²) < 4.78 is 0. The van der Waals surface area contributed by atoms with E-state index in [1.54, 1.807) is 24.4 Å². The number of carbonyl (C=O) groups is 2. The number of carboxylic acid groups (broad SMARTS) is 1. The van der Waals surface area contributed by atoms with E-state index < -0.39 is 5.97 Å². The molecular formula is C18H17ClN2O3. The molecule has 0 unspecified atom stereocenters. The maximum Gasteiger partial charge on any atom is 0.306 e. The lowest BCUT2D eigenvalue weighted by atomic mass is 10.1. The number of nitrogens with one attached hydrogen (secondary N) is 1. The van der Waals surface area contributed by atoms with Crippen molar-refractivity contribution in [3.8, 4) is 11.1 Å². The number of nitrogens with zero attached hydrogens (tertiary/aromatic N) is 1. The summed E-state index contributed by atoms with van der Waals surface area (Å²) in [7, 11) is 0. The third-order valence-electron chi connectivity index (χ3n) is 4.30. The van der Waals surface area contributed by atoms with E-state index in [1.807, 2.05) is 12.1 Å². The molecule has 2 atom stereocenters. The van der Waals surface area contributed by atoms with Crippen LogP contribution in [0.5, 0.6) is 0 Å². The van der Waals surface area contributed by atoms with Gasteiger partial charge in [0, 0.05) is 29.0 Å². The van der Waals surface area contributed by atoms with Crippen LogP contribution in [0.3, 0.4) is 0 Å². The van der Waals surface area contributed by atoms with Crippen molar-refractivity contribution >= 4 is 23.5 Å². The molecule has 24 heavy (non-hydrogen) atoms. The third-order valence-corrected chi connectivity index (χ3v) is 4.55. The Morgan fingerprint density at radius 2 is 1.88 bits per heavy atom. The molecule has 0 bridgehead atoms. The molecule has 0 saturated heterocycles. The van der Waals surface area contributed by atoms with Crippen LogP contribution in [0.1, 0.15) is 29.6 Å². The standard InChI is InChI=1S/C18H17ClN2O3/c19-15-4-1-11(2-5-15)13-7-14(10-20-9-13)17(22)21-16-6-3-12(8-16)18(23)24/h1-2,4-5,7,9-10,12,16H,3,6,8H2,(H,21,22)(H,23,24)/t12-,16+/m1/s1. The molecule has 0 aliphatic heterocycles. The van der Waals surface area contributed by atoms with E-state index in [2.05, 4.69) is 10.3 Å². The van der Waals surface area contributed by atoms with Crippen LogP contribution < -0.4 is 5.32 Å². The van der Waals surface area contributed by atoms with Crippen molar-refractivity contribution in [2.45, 2.75) is 25.3 Å². The van der Waals surface area contributed by atoms with Crippen LogP contribution in [0, 0.1) is 5.92 Å². The molecule has 1 saturated carbocycles. The number of aromatic nitrogens is 1. The highest BCUT2D eigenvalue weighted by atomic mass is 35.5. The largest absolute Gasteiger partial charge is 0.481 e. The molecule has 6 heteroatoms. The fraction of sp³-hybridized carbons (Fsp3) is 0.278. The molecule has 1 amide bonds. The molecule has 1 heterocycles. The lowest BCUT2D eigenvalue weighted by molar-refractivity contribution is -0.141. The summed E-state index contributed by atoms with van der Waals surface area (Å²) >= 11 is 5.89. The first kappa shape index (κ1) is 16.5. The third kappa shape index (κ3) is 3.74. The van der Waals surface area contributed by atoms with Crippen molar-refractivity contribution in [1.29, 1.82) is 0 Å². The van der Waals surface area contributed by atoms with Crippen molar-refractivity contribution in [2.75, 3.05) is 0 Å². The Labute approximate surface area is 144 Å². The molecule has 1 aromatic carbocycles. The van der Waals surface area contributed by atoms with Crippen LogP contribution in [-0.2, 0) is 4.79 Å². The minimum Gasteiger partial charge on any atom is -0.481 e. The van der Waals surface area contributed by atoms with Crippen LogP contribution in [0.15, 0.2) is 42.7 Å². The summed E-state index contributed by atoms with van der Waals surface area (Å²) in [5.74, 6) is -1.39. The first-order chi connectivity index (χ1) is 11.5. The van der Waals surface area contributed by atoms with E-state index in [9.17, 15) is 9.59 Å². The minimum atomic E-state index is -0.793. The second-order valence-corrected chi connectivity index (χ2v) is 6.42. The number of carbonyl (C=O) groups excluding carboxylic acids is 1. The van der Waals surface area contributed by atoms with Crippen LogP contribution >= 0.6 is 11.6 Å². The molecule has 0 radical (unpaired) electrons. The average Bonchev–Trinajstić information content (AvgIpc) is 3.04. The number of carboxylic acids is 1. The predicted octanol–water partition coefficient (Wildman–Crippen LogP) is 3.39. The van der Waals surface area contributed by atoms with Gasteiger partial charge in [0.1, 0.15) is 0 Å². The SMILES string of the molecule is O=C(N[C@H]1CC[C@@H](C(=O)O)C1)c1cncc(-c2ccc(Cl)cc2)c1. The number of benzene rings is 1. The molecular weight excluding hydrogens is 328 g/mol. The molecule has 2 N–H and O–H groups in total. The van der Waals surface area contributed by atoms with Crippen molar-refractivity contribution < 1.29 is 14.7 Å². The van der Waals surface area contributed by atoms with Gasteiger partial charge in [-0.2, -0.15) is 0 Å². The number of rotatable bonds is 4. The normalized spacial score (nSPS) is 19.9. The van der Waals surface area contributed by atoms with Gasteiger partial charge in [0.15, 0.2) is 0 Å². The van der Waals surface area contributed by atoms with E-state index in [0.717, 1.165) is 11.1 Å². The summed E-state index contributed by atoms with van der Waals surface area (Å²) in [6, 6.07) is 8.99. The monoisotopic (exact) mass is 344 g/mol. The molecule has 0 spiro atoms. The van der Waals surface area contributed by atoms with Gasteiger partial charge in [-0.1, -0.05) is 23.7 Å². The van der Waals surface area contributed by atoms with Gasteiger partial charge >= 0.3 is 5.97 Å². The second kappa shape index (κ2) is 7.01. The van der Waals surface area contributed by atoms with Crippen molar-refractivity contribution in [3.63, 3.8) is 0 Å². The highest BCUT2D eigenvalue weighted by molar-refractivity contribution is 6.30. The number of halogens is 1. The maximum absolute atomic E-state index is 12.4. The number of pyridine rings is 1. The smallest absolute Gasteiger partial charge is 0.306 e. The first-order valence-corrected chi connectivity index (χ1v) is 8.15. The molecule has 124 valence electrons. The first-order valence-electron chi connectivity index (χ1n) is 7.77. The van der Waals surface area contributed by atoms with Gasteiger partial charge in [-0.3, -0.25) is 14.6 Å². The zero-order valence-corrected chi connectivity index (χ0v) is 13.7. The fourth-order valence-corrected chi connectivity index (χ4v) is 3.10. The number of hydrogen-bond donors (Lipinski definition) is 2. The summed E-state index contributed by atoms with van der Waals surface area (Å²) in [4.78, 5) is 27.5. The van der Waals surface area contributed by atoms with E-state index >= 15 is 0 Å². The Balaban J connectivity index is 1.71. The predicted molar refractivity (Wildman–Crippen MR) is 90.9 cm³/mol. The highest BCUT2D eigenvalue weighted by Gasteiger charge is 2.30. The van der Waals surface area contributed by atoms with Gasteiger partial charge in [-0.05, 0) is 43.0 Å². The van der Waals surface area contributed by atoms with Gasteiger partial charge in [0.2, 0.25) is 0 Å². The van der Waals surface area contributed by atoms with Crippen LogP contribution in [-0.4, -0.2) is 28.0 Å². The Morgan fingerprint density at radius 1 is 1.12 bits per heavy atom. The topological polar surface area (TPSA) is 79.3 Å². The average molecular weight is 345 g/mol. The molecule has 5 nitrogen and oxygen atoms in total.